The van der Waals surface area contributed by atoms with Crippen molar-refractivity contribution >= 4 is 46.1 Å². The Morgan fingerprint density at radius 1 is 1.19 bits per heavy atom. The fourth-order valence-corrected chi connectivity index (χ4v) is 4.64. The number of hydrogen-bond acceptors (Lipinski definition) is 4. The number of carboxylic acids is 1. The molecule has 4 rings (SSSR count). The molecule has 8 nitrogen and oxygen atoms in total. The van der Waals surface area contributed by atoms with Gasteiger partial charge >= 0.3 is 5.97 Å². The van der Waals surface area contributed by atoms with Crippen LogP contribution in [0.15, 0.2) is 42.6 Å². The lowest BCUT2D eigenvalue weighted by Crippen LogP contribution is -2.46. The Bertz CT molecular complexity index is 1390. The maximum atomic E-state index is 14.3. The third-order valence-electron chi connectivity index (χ3n) is 6.15. The minimum atomic E-state index is -1.43. The molecule has 0 aliphatic carbocycles. The number of Topliss-reactive ketones (excluding diaryl/α,β-unsaturated/α-hetero) is 1. The maximum absolute atomic E-state index is 14.3. The summed E-state index contributed by atoms with van der Waals surface area (Å²) in [5.74, 6) is -3.60. The molecule has 11 heteroatoms. The second-order valence-electron chi connectivity index (χ2n) is 8.59. The van der Waals surface area contributed by atoms with E-state index < -0.39 is 47.4 Å². The number of halogens is 3. The van der Waals surface area contributed by atoms with Crippen molar-refractivity contribution < 1.29 is 33.1 Å². The summed E-state index contributed by atoms with van der Waals surface area (Å²) >= 11 is 5.75. The largest absolute Gasteiger partial charge is 0.478 e. The van der Waals surface area contributed by atoms with Gasteiger partial charge in [0.15, 0.2) is 5.78 Å². The van der Waals surface area contributed by atoms with Gasteiger partial charge in [-0.25, -0.2) is 13.6 Å². The van der Waals surface area contributed by atoms with Crippen LogP contribution < -0.4 is 5.32 Å². The molecule has 188 valence electrons. The molecule has 2 amide bonds. The summed E-state index contributed by atoms with van der Waals surface area (Å²) in [7, 11) is 0. The van der Waals surface area contributed by atoms with Crippen molar-refractivity contribution in [2.45, 2.75) is 38.6 Å². The topological polar surface area (TPSA) is 109 Å². The smallest absolute Gasteiger partial charge is 0.335 e. The highest BCUT2D eigenvalue weighted by Gasteiger charge is 2.39. The van der Waals surface area contributed by atoms with E-state index >= 15 is 0 Å². The second kappa shape index (κ2) is 10.1. The van der Waals surface area contributed by atoms with Crippen LogP contribution in [0.2, 0.25) is 5.02 Å². The van der Waals surface area contributed by atoms with Crippen molar-refractivity contribution in [3.63, 3.8) is 0 Å². The van der Waals surface area contributed by atoms with E-state index in [1.807, 2.05) is 0 Å². The molecule has 2 heterocycles. The first-order chi connectivity index (χ1) is 17.1. The normalized spacial score (nSPS) is 17.4. The van der Waals surface area contributed by atoms with E-state index in [0.29, 0.717) is 16.5 Å². The van der Waals surface area contributed by atoms with E-state index in [1.54, 1.807) is 35.0 Å². The van der Waals surface area contributed by atoms with Gasteiger partial charge in [-0.15, -0.1) is 0 Å². The fraction of sp³-hybridized carbons (Fsp3) is 0.280. The molecule has 36 heavy (non-hydrogen) atoms. The number of carbonyl (C=O) groups is 4. The van der Waals surface area contributed by atoms with E-state index in [9.17, 15) is 28.0 Å². The summed E-state index contributed by atoms with van der Waals surface area (Å²) in [6.45, 7) is 0.523. The number of nitrogens with one attached hydrogen (secondary N) is 1. The lowest BCUT2D eigenvalue weighted by Gasteiger charge is -2.24. The van der Waals surface area contributed by atoms with Crippen LogP contribution in [0.25, 0.3) is 10.9 Å². The summed E-state index contributed by atoms with van der Waals surface area (Å²) in [5, 5.41) is 11.9. The number of likely N-dealkylation sites (tertiary alicyclic amines) is 1. The van der Waals surface area contributed by atoms with Crippen molar-refractivity contribution in [3.8, 4) is 0 Å². The average Bonchev–Trinajstić information content (AvgIpc) is 3.40. The predicted octanol–water partition coefficient (Wildman–Crippen LogP) is 3.59. The number of rotatable bonds is 7. The summed E-state index contributed by atoms with van der Waals surface area (Å²) in [6, 6.07) is 7.93. The molecule has 3 aromatic rings. The molecule has 2 aromatic carbocycles. The molecule has 1 aliphatic heterocycles. The van der Waals surface area contributed by atoms with Crippen LogP contribution in [0.1, 0.15) is 39.6 Å². The molecule has 0 unspecified atom stereocenters. The quantitative estimate of drug-likeness (QED) is 0.466. The number of alkyl halides is 1. The van der Waals surface area contributed by atoms with E-state index in [1.165, 1.54) is 6.92 Å². The molecule has 1 aromatic heterocycles. The van der Waals surface area contributed by atoms with Gasteiger partial charge in [-0.05, 0) is 25.1 Å². The highest BCUT2D eigenvalue weighted by molar-refractivity contribution is 6.31. The number of benzene rings is 2. The third kappa shape index (κ3) is 4.94. The molecule has 0 spiro atoms. The number of hydrogen-bond donors (Lipinski definition) is 2. The summed E-state index contributed by atoms with van der Waals surface area (Å²) < 4.78 is 30.2. The Morgan fingerprint density at radius 3 is 2.61 bits per heavy atom. The fourth-order valence-electron chi connectivity index (χ4n) is 4.40. The van der Waals surface area contributed by atoms with Gasteiger partial charge in [0.1, 0.15) is 24.6 Å². The SMILES string of the molecule is CC(=O)c1cn(CC(=O)N2C[C@@H](F)C[C@H]2C(=O)NCc2cc(C(=O)O)cc(Cl)c2F)c2ccccc12. The van der Waals surface area contributed by atoms with Crippen molar-refractivity contribution in [2.75, 3.05) is 6.54 Å². The zero-order chi connectivity index (χ0) is 26.1. The van der Waals surface area contributed by atoms with Crippen LogP contribution in [0, 0.1) is 5.82 Å². The highest BCUT2D eigenvalue weighted by atomic mass is 35.5. The summed E-state index contributed by atoms with van der Waals surface area (Å²) in [5.41, 5.74) is 0.688. The molecular formula is C25H22ClF2N3O5. The standard InChI is InChI=1S/C25H22ClF2N3O5/c1-13(32)18-11-30(20-5-3-2-4-17(18)20)12-22(33)31-10-16(27)8-21(31)24(34)29-9-15-6-14(25(35)36)7-19(26)23(15)28/h2-7,11,16,21H,8-10,12H2,1H3,(H,29,34)(H,35,36)/t16-,21-/m0/s1. The van der Waals surface area contributed by atoms with Crippen LogP contribution in [0.3, 0.4) is 0 Å². The number of ketones is 1. The predicted molar refractivity (Wildman–Crippen MR) is 127 cm³/mol. The van der Waals surface area contributed by atoms with E-state index in [4.69, 9.17) is 16.7 Å². The van der Waals surface area contributed by atoms with Gasteiger partial charge in [0, 0.05) is 41.2 Å². The van der Waals surface area contributed by atoms with Gasteiger partial charge in [-0.1, -0.05) is 29.8 Å². The number of carboxylic acid groups (broad SMARTS) is 1. The monoisotopic (exact) mass is 517 g/mol. The van der Waals surface area contributed by atoms with Crippen LogP contribution >= 0.6 is 11.6 Å². The molecule has 1 saturated heterocycles. The zero-order valence-corrected chi connectivity index (χ0v) is 19.9. The molecular weight excluding hydrogens is 496 g/mol. The lowest BCUT2D eigenvalue weighted by molar-refractivity contribution is -0.139. The van der Waals surface area contributed by atoms with Crippen molar-refractivity contribution in [1.82, 2.24) is 14.8 Å². The van der Waals surface area contributed by atoms with Crippen LogP contribution in [-0.2, 0) is 22.7 Å². The van der Waals surface area contributed by atoms with Gasteiger partial charge in [0.2, 0.25) is 11.8 Å². The number of fused-ring (bicyclic) bond motifs is 1. The van der Waals surface area contributed by atoms with Crippen molar-refractivity contribution in [2.24, 2.45) is 0 Å². The number of para-hydroxylation sites is 1. The first-order valence-corrected chi connectivity index (χ1v) is 11.5. The number of amides is 2. The molecule has 2 N–H and O–H groups in total. The Morgan fingerprint density at radius 2 is 1.92 bits per heavy atom. The molecule has 1 fully saturated rings. The number of nitrogens with zero attached hydrogens (tertiary/aromatic N) is 2. The minimum absolute atomic E-state index is 0.156. The van der Waals surface area contributed by atoms with Crippen molar-refractivity contribution in [1.29, 1.82) is 0 Å². The van der Waals surface area contributed by atoms with Crippen LogP contribution in [0.4, 0.5) is 8.78 Å². The van der Waals surface area contributed by atoms with E-state index in [0.717, 1.165) is 17.0 Å². The summed E-state index contributed by atoms with van der Waals surface area (Å²) in [6.07, 6.45) is -0.105. The van der Waals surface area contributed by atoms with Crippen LogP contribution in [-0.4, -0.2) is 56.9 Å². The number of aromatic nitrogens is 1. The molecule has 0 bridgehead atoms. The van der Waals surface area contributed by atoms with Gasteiger partial charge in [-0.2, -0.15) is 0 Å². The van der Waals surface area contributed by atoms with Gasteiger partial charge in [-0.3, -0.25) is 14.4 Å². The average molecular weight is 518 g/mol. The van der Waals surface area contributed by atoms with E-state index in [-0.39, 0.29) is 36.4 Å². The second-order valence-corrected chi connectivity index (χ2v) is 9.00. The highest BCUT2D eigenvalue weighted by Crippen LogP contribution is 2.25. The zero-order valence-electron chi connectivity index (χ0n) is 19.1. The number of carbonyl (C=O) groups excluding carboxylic acids is 3. The molecule has 2 atom stereocenters. The third-order valence-corrected chi connectivity index (χ3v) is 6.43. The van der Waals surface area contributed by atoms with Crippen molar-refractivity contribution in [3.05, 3.63) is 70.1 Å². The molecule has 1 aliphatic rings. The van der Waals surface area contributed by atoms with Gasteiger partial charge in [0.05, 0.1) is 17.1 Å². The molecule has 0 saturated carbocycles. The molecule has 0 radical (unpaired) electrons. The Kier molecular flexibility index (Phi) is 7.07. The Labute approximate surface area is 209 Å². The van der Waals surface area contributed by atoms with Crippen LogP contribution in [0.5, 0.6) is 0 Å². The van der Waals surface area contributed by atoms with E-state index in [2.05, 4.69) is 5.32 Å². The Balaban J connectivity index is 1.51. The maximum Gasteiger partial charge on any atom is 0.335 e. The number of aromatic carboxylic acids is 1. The van der Waals surface area contributed by atoms with Gasteiger partial charge < -0.3 is 19.9 Å². The first kappa shape index (κ1) is 25.3. The lowest BCUT2D eigenvalue weighted by atomic mass is 10.1. The van der Waals surface area contributed by atoms with Gasteiger partial charge in [0.25, 0.3) is 0 Å². The summed E-state index contributed by atoms with van der Waals surface area (Å²) in [4.78, 5) is 50.3. The first-order valence-electron chi connectivity index (χ1n) is 11.1. The minimum Gasteiger partial charge on any atom is -0.478 e. The Hall–Kier alpha value is -3.79.